The van der Waals surface area contributed by atoms with E-state index in [1.165, 1.54) is 38.6 Å². The van der Waals surface area contributed by atoms with Crippen molar-refractivity contribution < 1.29 is 4.74 Å². The Morgan fingerprint density at radius 1 is 1.39 bits per heavy atom. The van der Waals surface area contributed by atoms with Gasteiger partial charge < -0.3 is 15.0 Å². The highest BCUT2D eigenvalue weighted by molar-refractivity contribution is 4.89. The fraction of sp³-hybridized carbons (Fsp3) is 1.00. The molecule has 3 atom stereocenters. The molecule has 3 unspecified atom stereocenters. The van der Waals surface area contributed by atoms with Gasteiger partial charge in [-0.15, -0.1) is 0 Å². The molecule has 2 rings (SSSR count). The first-order valence-electron chi connectivity index (χ1n) is 7.58. The summed E-state index contributed by atoms with van der Waals surface area (Å²) < 4.78 is 5.66. The molecule has 0 aromatic carbocycles. The van der Waals surface area contributed by atoms with Crippen LogP contribution in [0.5, 0.6) is 0 Å². The average Bonchev–Trinajstić information content (AvgIpc) is 2.78. The van der Waals surface area contributed by atoms with Crippen LogP contribution in [0.3, 0.4) is 0 Å². The van der Waals surface area contributed by atoms with Crippen molar-refractivity contribution in [3.05, 3.63) is 0 Å². The third-order valence-corrected chi connectivity index (χ3v) is 4.85. The van der Waals surface area contributed by atoms with Gasteiger partial charge in [-0.25, -0.2) is 0 Å². The predicted octanol–water partition coefficient (Wildman–Crippen LogP) is 2.12. The number of rotatable bonds is 5. The smallest absolute Gasteiger partial charge is 0.0547 e. The lowest BCUT2D eigenvalue weighted by Gasteiger charge is -2.39. The Bertz CT molecular complexity index is 251. The quantitative estimate of drug-likeness (QED) is 0.813. The highest BCUT2D eigenvalue weighted by Gasteiger charge is 2.37. The average molecular weight is 254 g/mol. The Morgan fingerprint density at radius 2 is 2.22 bits per heavy atom. The standard InChI is InChI=1S/C15H30N2O/c1-13-5-4-6-14(9-13)17(3)11-15(10-16-2)7-8-18-12-15/h13-14,16H,4-12H2,1-3H3. The van der Waals surface area contributed by atoms with Gasteiger partial charge in [0, 0.05) is 31.2 Å². The van der Waals surface area contributed by atoms with Gasteiger partial charge in [-0.05, 0) is 39.3 Å². The summed E-state index contributed by atoms with van der Waals surface area (Å²) in [6.45, 7) is 6.55. The predicted molar refractivity (Wildman–Crippen MR) is 75.8 cm³/mol. The number of nitrogens with one attached hydrogen (secondary N) is 1. The molecule has 3 nitrogen and oxygen atoms in total. The lowest BCUT2D eigenvalue weighted by Crippen LogP contribution is -2.47. The van der Waals surface area contributed by atoms with E-state index in [4.69, 9.17) is 4.74 Å². The van der Waals surface area contributed by atoms with Gasteiger partial charge >= 0.3 is 0 Å². The largest absolute Gasteiger partial charge is 0.381 e. The Kier molecular flexibility index (Phi) is 5.05. The van der Waals surface area contributed by atoms with Crippen LogP contribution in [0.1, 0.15) is 39.0 Å². The molecule has 0 spiro atoms. The van der Waals surface area contributed by atoms with Gasteiger partial charge in [0.15, 0.2) is 0 Å². The minimum Gasteiger partial charge on any atom is -0.381 e. The number of hydrogen-bond donors (Lipinski definition) is 1. The van der Waals surface area contributed by atoms with E-state index >= 15 is 0 Å². The minimum atomic E-state index is 0.351. The number of hydrogen-bond acceptors (Lipinski definition) is 3. The second-order valence-corrected chi connectivity index (χ2v) is 6.67. The van der Waals surface area contributed by atoms with E-state index in [-0.39, 0.29) is 0 Å². The third kappa shape index (κ3) is 3.46. The second-order valence-electron chi connectivity index (χ2n) is 6.67. The summed E-state index contributed by atoms with van der Waals surface area (Å²) in [5.74, 6) is 0.909. The van der Waals surface area contributed by atoms with Gasteiger partial charge in [0.1, 0.15) is 0 Å². The van der Waals surface area contributed by atoms with Gasteiger partial charge in [-0.1, -0.05) is 19.8 Å². The maximum absolute atomic E-state index is 5.66. The molecule has 0 radical (unpaired) electrons. The molecule has 0 aromatic rings. The van der Waals surface area contributed by atoms with Crippen LogP contribution in [0.2, 0.25) is 0 Å². The molecule has 106 valence electrons. The molecule has 1 N–H and O–H groups in total. The van der Waals surface area contributed by atoms with Crippen LogP contribution in [0, 0.1) is 11.3 Å². The van der Waals surface area contributed by atoms with Crippen molar-refractivity contribution >= 4 is 0 Å². The van der Waals surface area contributed by atoms with E-state index in [1.807, 2.05) is 0 Å². The summed E-state index contributed by atoms with van der Waals surface area (Å²) in [6.07, 6.45) is 6.81. The Balaban J connectivity index is 1.89. The van der Waals surface area contributed by atoms with E-state index in [9.17, 15) is 0 Å². The molecule has 1 aliphatic carbocycles. The molecule has 1 heterocycles. The first-order chi connectivity index (χ1) is 8.65. The minimum absolute atomic E-state index is 0.351. The summed E-state index contributed by atoms with van der Waals surface area (Å²) in [5.41, 5.74) is 0.351. The Morgan fingerprint density at radius 3 is 2.83 bits per heavy atom. The summed E-state index contributed by atoms with van der Waals surface area (Å²) >= 11 is 0. The van der Waals surface area contributed by atoms with Crippen LogP contribution in [0.15, 0.2) is 0 Å². The number of ether oxygens (including phenoxy) is 1. The van der Waals surface area contributed by atoms with E-state index in [0.717, 1.165) is 31.7 Å². The molecule has 1 aliphatic heterocycles. The van der Waals surface area contributed by atoms with Gasteiger partial charge in [0.2, 0.25) is 0 Å². The maximum Gasteiger partial charge on any atom is 0.0547 e. The number of nitrogens with zero attached hydrogens (tertiary/aromatic N) is 1. The molecule has 0 aromatic heterocycles. The molecule has 2 fully saturated rings. The summed E-state index contributed by atoms with van der Waals surface area (Å²) in [4.78, 5) is 2.61. The molecule has 18 heavy (non-hydrogen) atoms. The lowest BCUT2D eigenvalue weighted by atomic mass is 9.83. The summed E-state index contributed by atoms with van der Waals surface area (Å²) in [5, 5.41) is 3.36. The van der Waals surface area contributed by atoms with E-state index < -0.39 is 0 Å². The normalized spacial score (nSPS) is 37.3. The van der Waals surface area contributed by atoms with Crippen LogP contribution in [-0.4, -0.2) is 51.3 Å². The molecular weight excluding hydrogens is 224 g/mol. The van der Waals surface area contributed by atoms with Crippen molar-refractivity contribution in [3.63, 3.8) is 0 Å². The van der Waals surface area contributed by atoms with Crippen LogP contribution < -0.4 is 5.32 Å². The van der Waals surface area contributed by atoms with Crippen molar-refractivity contribution in [1.82, 2.24) is 10.2 Å². The van der Waals surface area contributed by atoms with Crippen molar-refractivity contribution in [2.24, 2.45) is 11.3 Å². The van der Waals surface area contributed by atoms with Gasteiger partial charge in [0.25, 0.3) is 0 Å². The van der Waals surface area contributed by atoms with Crippen molar-refractivity contribution in [2.45, 2.75) is 45.1 Å². The first-order valence-corrected chi connectivity index (χ1v) is 7.58. The molecule has 1 saturated carbocycles. The molecule has 3 heteroatoms. The zero-order chi connectivity index (χ0) is 13.0. The highest BCUT2D eigenvalue weighted by atomic mass is 16.5. The van der Waals surface area contributed by atoms with Gasteiger partial charge in [-0.3, -0.25) is 0 Å². The van der Waals surface area contributed by atoms with Crippen LogP contribution in [-0.2, 0) is 4.74 Å². The topological polar surface area (TPSA) is 24.5 Å². The van der Waals surface area contributed by atoms with E-state index in [1.54, 1.807) is 0 Å². The molecule has 0 amide bonds. The van der Waals surface area contributed by atoms with Crippen molar-refractivity contribution in [3.8, 4) is 0 Å². The fourth-order valence-corrected chi connectivity index (χ4v) is 3.81. The molecular formula is C15H30N2O. The Hall–Kier alpha value is -0.120. The zero-order valence-corrected chi connectivity index (χ0v) is 12.4. The van der Waals surface area contributed by atoms with Crippen molar-refractivity contribution in [2.75, 3.05) is 40.4 Å². The van der Waals surface area contributed by atoms with E-state index in [2.05, 4.69) is 31.2 Å². The molecule has 2 aliphatic rings. The second kappa shape index (κ2) is 6.36. The SMILES string of the molecule is CNCC1(CN(C)C2CCCC(C)C2)CCOC1. The maximum atomic E-state index is 5.66. The third-order valence-electron chi connectivity index (χ3n) is 4.85. The lowest BCUT2D eigenvalue weighted by molar-refractivity contribution is 0.0825. The first kappa shape index (κ1) is 14.3. The van der Waals surface area contributed by atoms with Gasteiger partial charge in [-0.2, -0.15) is 0 Å². The van der Waals surface area contributed by atoms with Gasteiger partial charge in [0.05, 0.1) is 6.61 Å². The van der Waals surface area contributed by atoms with Crippen LogP contribution in [0.4, 0.5) is 0 Å². The van der Waals surface area contributed by atoms with Crippen LogP contribution in [0.25, 0.3) is 0 Å². The van der Waals surface area contributed by atoms with Crippen LogP contribution >= 0.6 is 0 Å². The molecule has 0 bridgehead atoms. The highest BCUT2D eigenvalue weighted by Crippen LogP contribution is 2.32. The van der Waals surface area contributed by atoms with E-state index in [0.29, 0.717) is 5.41 Å². The van der Waals surface area contributed by atoms with Crippen molar-refractivity contribution in [1.29, 1.82) is 0 Å². The zero-order valence-electron chi connectivity index (χ0n) is 12.4. The monoisotopic (exact) mass is 254 g/mol. The Labute approximate surface area is 112 Å². The molecule has 1 saturated heterocycles. The summed E-state index contributed by atoms with van der Waals surface area (Å²) in [7, 11) is 4.38. The summed E-state index contributed by atoms with van der Waals surface area (Å²) in [6, 6.07) is 0.795. The fourth-order valence-electron chi connectivity index (χ4n) is 3.81.